The van der Waals surface area contributed by atoms with E-state index in [1.54, 1.807) is 30.3 Å². The summed E-state index contributed by atoms with van der Waals surface area (Å²) in [7, 11) is -2.03. The lowest BCUT2D eigenvalue weighted by Gasteiger charge is -2.17. The molecule has 1 N–H and O–H groups in total. The summed E-state index contributed by atoms with van der Waals surface area (Å²) in [4.78, 5) is 12.4. The zero-order valence-corrected chi connectivity index (χ0v) is 13.1. The molecular formula is C15H18N2O4S. The molecule has 1 aliphatic heterocycles. The molecule has 0 spiro atoms. The van der Waals surface area contributed by atoms with Crippen LogP contribution in [0.3, 0.4) is 0 Å². The Bertz CT molecular complexity index is 714. The molecule has 1 saturated heterocycles. The van der Waals surface area contributed by atoms with Gasteiger partial charge in [-0.2, -0.15) is 0 Å². The summed E-state index contributed by atoms with van der Waals surface area (Å²) in [6.45, 7) is 4.39. The maximum absolute atomic E-state index is 12.4. The number of ether oxygens (including phenoxy) is 1. The molecule has 1 amide bonds. The van der Waals surface area contributed by atoms with Crippen LogP contribution in [-0.4, -0.2) is 43.6 Å². The second-order valence-corrected chi connectivity index (χ2v) is 7.96. The van der Waals surface area contributed by atoms with Crippen molar-refractivity contribution in [2.75, 3.05) is 25.5 Å². The highest BCUT2D eigenvalue weighted by Crippen LogP contribution is 2.57. The summed E-state index contributed by atoms with van der Waals surface area (Å²) in [5.74, 6) is 0.118. The van der Waals surface area contributed by atoms with Crippen LogP contribution in [0.1, 0.15) is 6.42 Å². The summed E-state index contributed by atoms with van der Waals surface area (Å²) >= 11 is 0. The van der Waals surface area contributed by atoms with Gasteiger partial charge in [0.05, 0.1) is 0 Å². The van der Waals surface area contributed by atoms with Crippen LogP contribution in [0.2, 0.25) is 0 Å². The Morgan fingerprint density at radius 2 is 2.18 bits per heavy atom. The van der Waals surface area contributed by atoms with Crippen molar-refractivity contribution in [1.82, 2.24) is 4.31 Å². The quantitative estimate of drug-likeness (QED) is 0.827. The average molecular weight is 322 g/mol. The van der Waals surface area contributed by atoms with E-state index in [2.05, 4.69) is 11.9 Å². The highest BCUT2D eigenvalue weighted by atomic mass is 32.2. The first kappa shape index (κ1) is 15.1. The Labute approximate surface area is 129 Å². The molecule has 2 fully saturated rings. The van der Waals surface area contributed by atoms with E-state index in [0.29, 0.717) is 31.0 Å². The van der Waals surface area contributed by atoms with E-state index in [4.69, 9.17) is 4.74 Å². The lowest BCUT2D eigenvalue weighted by atomic mass is 10.2. The third kappa shape index (κ3) is 2.12. The van der Waals surface area contributed by atoms with Gasteiger partial charge in [-0.1, -0.05) is 12.7 Å². The molecule has 3 rings (SSSR count). The fourth-order valence-corrected chi connectivity index (χ4v) is 5.07. The molecule has 6 nitrogen and oxygen atoms in total. The summed E-state index contributed by atoms with van der Waals surface area (Å²) < 4.78 is 30.0. The first-order valence-electron chi connectivity index (χ1n) is 7.03. The number of sulfonamides is 1. The Morgan fingerprint density at radius 3 is 2.73 bits per heavy atom. The first-order valence-corrected chi connectivity index (χ1v) is 8.47. The molecule has 1 saturated carbocycles. The molecule has 2 atom stereocenters. The molecule has 1 aliphatic carbocycles. The van der Waals surface area contributed by atoms with Crippen LogP contribution >= 0.6 is 0 Å². The van der Waals surface area contributed by atoms with E-state index in [-0.39, 0.29) is 5.92 Å². The van der Waals surface area contributed by atoms with E-state index in [1.165, 1.54) is 11.4 Å². The maximum Gasteiger partial charge on any atom is 0.247 e. The number of amides is 1. The summed E-state index contributed by atoms with van der Waals surface area (Å²) in [6.07, 6.45) is 2.05. The SMILES string of the molecule is C=CCOc1ccc(NC(=O)[C@]23C[C@H]2CN(C)S3(=O)=O)cc1. The van der Waals surface area contributed by atoms with Crippen LogP contribution in [0.4, 0.5) is 5.69 Å². The number of carbonyl (C=O) groups is 1. The Kier molecular flexibility index (Phi) is 3.49. The molecule has 0 bridgehead atoms. The number of hydrogen-bond acceptors (Lipinski definition) is 4. The van der Waals surface area contributed by atoms with Crippen LogP contribution in [0, 0.1) is 5.92 Å². The number of rotatable bonds is 5. The fraction of sp³-hybridized carbons (Fsp3) is 0.400. The number of fused-ring (bicyclic) bond motifs is 1. The minimum Gasteiger partial charge on any atom is -0.490 e. The zero-order valence-electron chi connectivity index (χ0n) is 12.3. The van der Waals surface area contributed by atoms with Crippen LogP contribution in [-0.2, 0) is 14.8 Å². The number of nitrogens with one attached hydrogen (secondary N) is 1. The third-order valence-corrected chi connectivity index (χ3v) is 6.84. The normalized spacial score (nSPS) is 28.7. The van der Waals surface area contributed by atoms with E-state index in [1.807, 2.05) is 0 Å². The molecule has 118 valence electrons. The molecular weight excluding hydrogens is 304 g/mol. The van der Waals surface area contributed by atoms with Crippen molar-refractivity contribution in [3.8, 4) is 5.75 Å². The van der Waals surface area contributed by atoms with Gasteiger partial charge >= 0.3 is 0 Å². The molecule has 2 aliphatic rings. The molecule has 0 radical (unpaired) electrons. The van der Waals surface area contributed by atoms with E-state index in [9.17, 15) is 13.2 Å². The summed E-state index contributed by atoms with van der Waals surface area (Å²) in [5, 5.41) is 2.71. The van der Waals surface area contributed by atoms with Gasteiger partial charge in [0.2, 0.25) is 15.9 Å². The van der Waals surface area contributed by atoms with Crippen molar-refractivity contribution in [2.24, 2.45) is 5.92 Å². The number of benzene rings is 1. The standard InChI is InChI=1S/C15H18N2O4S/c1-3-8-21-13-6-4-12(5-7-13)16-14(18)15-9-11(15)10-17(2)22(15,19)20/h3-7,11H,1,8-10H2,2H3,(H,16,18)/t11-,15-/m0/s1. The first-order chi connectivity index (χ1) is 10.4. The molecule has 1 aromatic rings. The van der Waals surface area contributed by atoms with Gasteiger partial charge in [-0.05, 0) is 30.7 Å². The van der Waals surface area contributed by atoms with Crippen LogP contribution in [0.5, 0.6) is 5.75 Å². The second-order valence-electron chi connectivity index (χ2n) is 5.65. The lowest BCUT2D eigenvalue weighted by Crippen LogP contribution is -2.40. The van der Waals surface area contributed by atoms with E-state index in [0.717, 1.165) is 0 Å². The minimum absolute atomic E-state index is 0.0994. The van der Waals surface area contributed by atoms with Crippen LogP contribution < -0.4 is 10.1 Å². The average Bonchev–Trinajstić information content (AvgIpc) is 3.17. The monoisotopic (exact) mass is 322 g/mol. The van der Waals surface area contributed by atoms with Gasteiger partial charge in [0, 0.05) is 25.2 Å². The van der Waals surface area contributed by atoms with Gasteiger partial charge in [-0.15, -0.1) is 0 Å². The number of nitrogens with zero attached hydrogens (tertiary/aromatic N) is 1. The number of hydrogen-bond donors (Lipinski definition) is 1. The lowest BCUT2D eigenvalue weighted by molar-refractivity contribution is -0.116. The molecule has 7 heteroatoms. The number of anilines is 1. The molecule has 0 unspecified atom stereocenters. The highest BCUT2D eigenvalue weighted by molar-refractivity contribution is 7.92. The summed E-state index contributed by atoms with van der Waals surface area (Å²) in [6, 6.07) is 6.82. The van der Waals surface area contributed by atoms with Gasteiger partial charge in [-0.3, -0.25) is 4.79 Å². The zero-order chi connectivity index (χ0) is 16.0. The van der Waals surface area contributed by atoms with Crippen molar-refractivity contribution < 1.29 is 17.9 Å². The predicted molar refractivity (Wildman–Crippen MR) is 83.2 cm³/mol. The van der Waals surface area contributed by atoms with Gasteiger partial charge < -0.3 is 10.1 Å². The molecule has 22 heavy (non-hydrogen) atoms. The maximum atomic E-state index is 12.4. The molecule has 0 aromatic heterocycles. The topological polar surface area (TPSA) is 75.7 Å². The minimum atomic E-state index is -3.55. The van der Waals surface area contributed by atoms with Gasteiger partial charge in [-0.25, -0.2) is 12.7 Å². The Morgan fingerprint density at radius 1 is 1.50 bits per heavy atom. The molecule has 1 aromatic carbocycles. The summed E-state index contributed by atoms with van der Waals surface area (Å²) in [5.41, 5.74) is 0.556. The van der Waals surface area contributed by atoms with Gasteiger partial charge in [0.25, 0.3) is 0 Å². The smallest absolute Gasteiger partial charge is 0.247 e. The van der Waals surface area contributed by atoms with Crippen molar-refractivity contribution in [1.29, 1.82) is 0 Å². The van der Waals surface area contributed by atoms with Crippen molar-refractivity contribution in [2.45, 2.75) is 11.2 Å². The van der Waals surface area contributed by atoms with Crippen molar-refractivity contribution >= 4 is 21.6 Å². The third-order valence-electron chi connectivity index (χ3n) is 4.26. The van der Waals surface area contributed by atoms with E-state index < -0.39 is 20.7 Å². The largest absolute Gasteiger partial charge is 0.490 e. The van der Waals surface area contributed by atoms with Crippen molar-refractivity contribution in [3.05, 3.63) is 36.9 Å². The fourth-order valence-electron chi connectivity index (χ4n) is 2.94. The molecule has 1 heterocycles. The highest BCUT2D eigenvalue weighted by Gasteiger charge is 2.74. The van der Waals surface area contributed by atoms with Gasteiger partial charge in [0.15, 0.2) is 4.75 Å². The Balaban J connectivity index is 1.72. The predicted octanol–water partition coefficient (Wildman–Crippen LogP) is 1.22. The van der Waals surface area contributed by atoms with E-state index >= 15 is 0 Å². The van der Waals surface area contributed by atoms with Crippen LogP contribution in [0.15, 0.2) is 36.9 Å². The second kappa shape index (κ2) is 5.10. The van der Waals surface area contributed by atoms with Crippen LogP contribution in [0.25, 0.3) is 0 Å². The van der Waals surface area contributed by atoms with Gasteiger partial charge in [0.1, 0.15) is 12.4 Å². The van der Waals surface area contributed by atoms with Crippen molar-refractivity contribution in [3.63, 3.8) is 0 Å². The Hall–Kier alpha value is -1.86. The number of carbonyl (C=O) groups excluding carboxylic acids is 1.